The molecule has 146 valence electrons. The van der Waals surface area contributed by atoms with Crippen LogP contribution in [0.15, 0.2) is 51.0 Å². The van der Waals surface area contributed by atoms with Crippen molar-refractivity contribution in [3.8, 4) is 16.3 Å². The largest absolute Gasteiger partial charge is 0.502 e. The molecule has 0 saturated carbocycles. The second-order valence-corrected chi connectivity index (χ2v) is 8.10. The summed E-state index contributed by atoms with van der Waals surface area (Å²) in [4.78, 5) is 28.8. The summed E-state index contributed by atoms with van der Waals surface area (Å²) in [7, 11) is 0. The molecule has 0 spiro atoms. The molecule has 2 aromatic heterocycles. The van der Waals surface area contributed by atoms with Gasteiger partial charge in [0.25, 0.3) is 0 Å². The minimum Gasteiger partial charge on any atom is -0.502 e. The van der Waals surface area contributed by atoms with Gasteiger partial charge in [-0.3, -0.25) is 9.59 Å². The first kappa shape index (κ1) is 19.8. The highest BCUT2D eigenvalue weighted by molar-refractivity contribution is 7.13. The van der Waals surface area contributed by atoms with Gasteiger partial charge in [0.15, 0.2) is 5.76 Å². The first-order valence-electron chi connectivity index (χ1n) is 8.87. The van der Waals surface area contributed by atoms with Gasteiger partial charge >= 0.3 is 0 Å². The fourth-order valence-corrected chi connectivity index (χ4v) is 3.72. The van der Waals surface area contributed by atoms with E-state index < -0.39 is 16.6 Å². The molecule has 2 N–H and O–H groups in total. The Hall–Kier alpha value is -2.93. The molecule has 0 aliphatic carbocycles. The fourth-order valence-electron chi connectivity index (χ4n) is 2.90. The van der Waals surface area contributed by atoms with Crippen molar-refractivity contribution in [2.24, 2.45) is 0 Å². The number of rotatable bonds is 6. The second-order valence-electron chi connectivity index (χ2n) is 7.25. The SMILES string of the molecule is Cc1cc(=O)c(O)c(C(C)(C)CC(=O)NCc2csc(-c3ccccc3)n2)o1. The summed E-state index contributed by atoms with van der Waals surface area (Å²) < 4.78 is 5.53. The van der Waals surface area contributed by atoms with E-state index in [1.54, 1.807) is 20.8 Å². The van der Waals surface area contributed by atoms with E-state index >= 15 is 0 Å². The van der Waals surface area contributed by atoms with Crippen LogP contribution in [0.1, 0.15) is 37.5 Å². The Morgan fingerprint density at radius 3 is 2.71 bits per heavy atom. The zero-order chi connectivity index (χ0) is 20.3. The molecule has 0 fully saturated rings. The molecule has 0 radical (unpaired) electrons. The van der Waals surface area contributed by atoms with Crippen LogP contribution in [0.25, 0.3) is 10.6 Å². The highest BCUT2D eigenvalue weighted by atomic mass is 32.1. The van der Waals surface area contributed by atoms with Gasteiger partial charge in [-0.15, -0.1) is 11.3 Å². The molecule has 1 aromatic carbocycles. The lowest BCUT2D eigenvalue weighted by molar-refractivity contribution is -0.122. The van der Waals surface area contributed by atoms with Gasteiger partial charge in [-0.25, -0.2) is 4.98 Å². The average Bonchev–Trinajstić information content (AvgIpc) is 3.12. The average molecular weight is 398 g/mol. The minimum atomic E-state index is -0.837. The molecule has 1 amide bonds. The monoisotopic (exact) mass is 398 g/mol. The number of aromatic hydroxyl groups is 1. The Kier molecular flexibility index (Phi) is 5.65. The third kappa shape index (κ3) is 4.48. The Bertz CT molecular complexity index is 1040. The highest BCUT2D eigenvalue weighted by Crippen LogP contribution is 2.32. The highest BCUT2D eigenvalue weighted by Gasteiger charge is 2.31. The molecule has 3 rings (SSSR count). The van der Waals surface area contributed by atoms with Gasteiger partial charge in [0.05, 0.1) is 12.2 Å². The summed E-state index contributed by atoms with van der Waals surface area (Å²) in [5.74, 6) is -0.159. The predicted molar refractivity (Wildman–Crippen MR) is 108 cm³/mol. The lowest BCUT2D eigenvalue weighted by atomic mass is 9.85. The maximum absolute atomic E-state index is 12.4. The number of aromatic nitrogens is 1. The fraction of sp³-hybridized carbons (Fsp3) is 0.286. The number of hydrogen-bond acceptors (Lipinski definition) is 6. The summed E-state index contributed by atoms with van der Waals surface area (Å²) in [6.45, 7) is 5.44. The van der Waals surface area contributed by atoms with Gasteiger partial charge in [0, 0.05) is 28.8 Å². The summed E-state index contributed by atoms with van der Waals surface area (Å²) in [5, 5.41) is 15.7. The smallest absolute Gasteiger partial charge is 0.227 e. The van der Waals surface area contributed by atoms with Crippen LogP contribution in [0.3, 0.4) is 0 Å². The summed E-state index contributed by atoms with van der Waals surface area (Å²) in [6.07, 6.45) is 0.0582. The molecule has 0 unspecified atom stereocenters. The van der Waals surface area contributed by atoms with Gasteiger partial charge in [-0.2, -0.15) is 0 Å². The lowest BCUT2D eigenvalue weighted by Crippen LogP contribution is -2.31. The van der Waals surface area contributed by atoms with E-state index in [4.69, 9.17) is 4.42 Å². The maximum atomic E-state index is 12.4. The van der Waals surface area contributed by atoms with Gasteiger partial charge in [0.2, 0.25) is 17.1 Å². The van der Waals surface area contributed by atoms with Crippen LogP contribution in [0, 0.1) is 6.92 Å². The van der Waals surface area contributed by atoms with Gasteiger partial charge < -0.3 is 14.8 Å². The minimum absolute atomic E-state index is 0.0582. The van der Waals surface area contributed by atoms with Crippen molar-refractivity contribution in [2.75, 3.05) is 0 Å². The molecule has 0 saturated heterocycles. The van der Waals surface area contributed by atoms with Crippen molar-refractivity contribution in [1.29, 1.82) is 0 Å². The van der Waals surface area contributed by atoms with Crippen molar-refractivity contribution in [3.63, 3.8) is 0 Å². The molecule has 2 heterocycles. The van der Waals surface area contributed by atoms with Crippen LogP contribution in [0.2, 0.25) is 0 Å². The normalized spacial score (nSPS) is 11.4. The van der Waals surface area contributed by atoms with E-state index in [0.717, 1.165) is 16.3 Å². The first-order valence-corrected chi connectivity index (χ1v) is 9.75. The van der Waals surface area contributed by atoms with Crippen LogP contribution >= 0.6 is 11.3 Å². The van der Waals surface area contributed by atoms with E-state index in [0.29, 0.717) is 12.3 Å². The van der Waals surface area contributed by atoms with Crippen molar-refractivity contribution >= 4 is 17.2 Å². The third-order valence-electron chi connectivity index (χ3n) is 4.30. The molecule has 0 bridgehead atoms. The Labute approximate surface area is 166 Å². The number of thiazole rings is 1. The summed E-state index contributed by atoms with van der Waals surface area (Å²) in [5.41, 5.74) is 0.468. The number of carbonyl (C=O) groups is 1. The number of hydrogen-bond donors (Lipinski definition) is 2. The molecule has 28 heavy (non-hydrogen) atoms. The van der Waals surface area contributed by atoms with Crippen molar-refractivity contribution in [1.82, 2.24) is 10.3 Å². The molecule has 3 aromatic rings. The van der Waals surface area contributed by atoms with E-state index in [-0.39, 0.29) is 18.1 Å². The zero-order valence-electron chi connectivity index (χ0n) is 16.0. The number of nitrogens with zero attached hydrogens (tertiary/aromatic N) is 1. The van der Waals surface area contributed by atoms with E-state index in [1.807, 2.05) is 35.7 Å². The molecular formula is C21H22N2O4S. The van der Waals surface area contributed by atoms with Crippen LogP contribution in [-0.2, 0) is 16.8 Å². The lowest BCUT2D eigenvalue weighted by Gasteiger charge is -2.23. The maximum Gasteiger partial charge on any atom is 0.227 e. The van der Waals surface area contributed by atoms with E-state index in [9.17, 15) is 14.7 Å². The van der Waals surface area contributed by atoms with Gasteiger partial charge in [0.1, 0.15) is 10.8 Å². The Morgan fingerprint density at radius 1 is 1.29 bits per heavy atom. The molecule has 0 aliphatic rings. The topological polar surface area (TPSA) is 92.4 Å². The number of aryl methyl sites for hydroxylation is 1. The quantitative estimate of drug-likeness (QED) is 0.659. The van der Waals surface area contributed by atoms with Gasteiger partial charge in [-0.1, -0.05) is 44.2 Å². The van der Waals surface area contributed by atoms with Crippen LogP contribution in [0.4, 0.5) is 0 Å². The first-order chi connectivity index (χ1) is 13.3. The van der Waals surface area contributed by atoms with Crippen LogP contribution in [0.5, 0.6) is 5.75 Å². The molecule has 0 atom stereocenters. The molecule has 6 nitrogen and oxygen atoms in total. The number of nitrogens with one attached hydrogen (secondary N) is 1. The number of amides is 1. The summed E-state index contributed by atoms with van der Waals surface area (Å²) in [6, 6.07) is 11.1. The molecule has 0 aliphatic heterocycles. The molecular weight excluding hydrogens is 376 g/mol. The van der Waals surface area contributed by atoms with E-state index in [2.05, 4.69) is 10.3 Å². The second kappa shape index (κ2) is 7.98. The Morgan fingerprint density at radius 2 is 2.00 bits per heavy atom. The van der Waals surface area contributed by atoms with E-state index in [1.165, 1.54) is 17.4 Å². The third-order valence-corrected chi connectivity index (χ3v) is 5.24. The van der Waals surface area contributed by atoms with Crippen molar-refractivity contribution in [3.05, 3.63) is 69.2 Å². The van der Waals surface area contributed by atoms with Crippen LogP contribution < -0.4 is 10.7 Å². The molecule has 7 heteroatoms. The Balaban J connectivity index is 1.64. The van der Waals surface area contributed by atoms with Crippen molar-refractivity contribution < 1.29 is 14.3 Å². The zero-order valence-corrected chi connectivity index (χ0v) is 16.8. The van der Waals surface area contributed by atoms with Crippen LogP contribution in [-0.4, -0.2) is 16.0 Å². The number of carbonyl (C=O) groups excluding carboxylic acids is 1. The van der Waals surface area contributed by atoms with Gasteiger partial charge in [-0.05, 0) is 6.92 Å². The standard InChI is InChI=1S/C21H22N2O4S/c1-13-9-16(24)18(26)19(27-13)21(2,3)10-17(25)22-11-15-12-28-20(23-15)14-7-5-4-6-8-14/h4-9,12,26H,10-11H2,1-3H3,(H,22,25). The number of benzene rings is 1. The predicted octanol–water partition coefficient (Wildman–Crippen LogP) is 3.76. The van der Waals surface area contributed by atoms with Crippen molar-refractivity contribution in [2.45, 2.75) is 39.2 Å². The summed E-state index contributed by atoms with van der Waals surface area (Å²) >= 11 is 1.52.